The number of fused-ring (bicyclic) bond motifs is 1. The van der Waals surface area contributed by atoms with E-state index < -0.39 is 5.97 Å². The molecule has 0 bridgehead atoms. The summed E-state index contributed by atoms with van der Waals surface area (Å²) in [6.07, 6.45) is 0.669. The minimum Gasteiger partial charge on any atom is -0.475 e. The molecule has 3 rings (SSSR count). The van der Waals surface area contributed by atoms with Crippen molar-refractivity contribution in [3.05, 3.63) is 53.2 Å². The molecule has 2 heterocycles. The fraction of sp³-hybridized carbons (Fsp3) is 0.333. The molecule has 1 aromatic carbocycles. The van der Waals surface area contributed by atoms with Crippen molar-refractivity contribution in [2.24, 2.45) is 7.05 Å². The van der Waals surface area contributed by atoms with Crippen molar-refractivity contribution in [1.82, 2.24) is 14.5 Å². The van der Waals surface area contributed by atoms with Gasteiger partial charge in [-0.15, -0.1) is 0 Å². The van der Waals surface area contributed by atoms with Gasteiger partial charge in [-0.3, -0.25) is 4.90 Å². The number of rotatable bonds is 6. The number of furan rings is 1. The average molecular weight is 327 g/mol. The Balaban J connectivity index is 1.79. The summed E-state index contributed by atoms with van der Waals surface area (Å²) in [7, 11) is 4.00. The summed E-state index contributed by atoms with van der Waals surface area (Å²) < 4.78 is 7.49. The van der Waals surface area contributed by atoms with Gasteiger partial charge in [0, 0.05) is 25.6 Å². The summed E-state index contributed by atoms with van der Waals surface area (Å²) in [5, 5.41) is 9.08. The van der Waals surface area contributed by atoms with Crippen molar-refractivity contribution in [2.75, 3.05) is 7.05 Å². The Hall–Kier alpha value is -2.60. The minimum atomic E-state index is -1.03. The van der Waals surface area contributed by atoms with Crippen molar-refractivity contribution >= 4 is 17.0 Å². The van der Waals surface area contributed by atoms with Crippen LogP contribution < -0.4 is 0 Å². The highest BCUT2D eigenvalue weighted by Gasteiger charge is 2.17. The standard InChI is InChI=1S/C18H21N3O3/c1-4-15-12(9-16(24-15)18(22)23)10-20(2)11-17-19-13-7-5-6-8-14(13)21(17)3/h5-9H,4,10-11H2,1-3H3,(H,22,23). The summed E-state index contributed by atoms with van der Waals surface area (Å²) in [6.45, 7) is 3.24. The summed E-state index contributed by atoms with van der Waals surface area (Å²) in [5.41, 5.74) is 3.00. The molecule has 1 N–H and O–H groups in total. The lowest BCUT2D eigenvalue weighted by Crippen LogP contribution is -2.19. The Kier molecular flexibility index (Phi) is 4.40. The van der Waals surface area contributed by atoms with E-state index in [1.54, 1.807) is 6.07 Å². The van der Waals surface area contributed by atoms with Crippen LogP contribution in [0.1, 0.15) is 34.6 Å². The van der Waals surface area contributed by atoms with E-state index >= 15 is 0 Å². The molecule has 6 heteroatoms. The molecular weight excluding hydrogens is 306 g/mol. The topological polar surface area (TPSA) is 71.5 Å². The van der Waals surface area contributed by atoms with Crippen LogP contribution in [0.5, 0.6) is 0 Å². The zero-order valence-electron chi connectivity index (χ0n) is 14.1. The van der Waals surface area contributed by atoms with Crippen LogP contribution in [0.15, 0.2) is 34.7 Å². The Bertz CT molecular complexity index is 879. The van der Waals surface area contributed by atoms with Crippen LogP contribution in [0, 0.1) is 0 Å². The SMILES string of the molecule is CCc1oc(C(=O)O)cc1CN(C)Cc1nc2ccccc2n1C. The number of hydrogen-bond donors (Lipinski definition) is 1. The fourth-order valence-electron chi connectivity index (χ4n) is 2.93. The van der Waals surface area contributed by atoms with Gasteiger partial charge in [0.25, 0.3) is 0 Å². The van der Waals surface area contributed by atoms with Crippen LogP contribution in [-0.4, -0.2) is 32.6 Å². The Labute approximate surface area is 140 Å². The van der Waals surface area contributed by atoms with E-state index in [0.29, 0.717) is 19.5 Å². The van der Waals surface area contributed by atoms with Crippen LogP contribution >= 0.6 is 0 Å². The molecule has 24 heavy (non-hydrogen) atoms. The molecule has 0 radical (unpaired) electrons. The van der Waals surface area contributed by atoms with Gasteiger partial charge >= 0.3 is 5.97 Å². The highest BCUT2D eigenvalue weighted by molar-refractivity contribution is 5.84. The zero-order valence-corrected chi connectivity index (χ0v) is 14.1. The van der Waals surface area contributed by atoms with Crippen molar-refractivity contribution in [3.63, 3.8) is 0 Å². The number of nitrogens with zero attached hydrogens (tertiary/aromatic N) is 3. The molecule has 0 unspecified atom stereocenters. The van der Waals surface area contributed by atoms with E-state index in [4.69, 9.17) is 9.52 Å². The van der Waals surface area contributed by atoms with E-state index in [0.717, 1.165) is 28.2 Å². The zero-order chi connectivity index (χ0) is 17.3. The minimum absolute atomic E-state index is 0.00187. The van der Waals surface area contributed by atoms with Crippen LogP contribution in [0.4, 0.5) is 0 Å². The summed E-state index contributed by atoms with van der Waals surface area (Å²) >= 11 is 0. The second-order valence-corrected chi connectivity index (χ2v) is 5.97. The maximum Gasteiger partial charge on any atom is 0.371 e. The molecule has 0 amide bonds. The van der Waals surface area contributed by atoms with E-state index in [1.165, 1.54) is 0 Å². The maximum absolute atomic E-state index is 11.1. The number of carbonyl (C=O) groups is 1. The molecule has 3 aromatic rings. The number of para-hydroxylation sites is 2. The number of carboxylic acids is 1. The molecule has 2 aromatic heterocycles. The Morgan fingerprint density at radius 3 is 2.75 bits per heavy atom. The van der Waals surface area contributed by atoms with E-state index in [2.05, 4.69) is 20.5 Å². The highest BCUT2D eigenvalue weighted by atomic mass is 16.4. The number of hydrogen-bond acceptors (Lipinski definition) is 4. The third-order valence-corrected chi connectivity index (χ3v) is 4.16. The number of benzene rings is 1. The van der Waals surface area contributed by atoms with Gasteiger partial charge in [0.05, 0.1) is 17.6 Å². The second kappa shape index (κ2) is 6.49. The van der Waals surface area contributed by atoms with E-state index in [-0.39, 0.29) is 5.76 Å². The molecule has 6 nitrogen and oxygen atoms in total. The predicted molar refractivity (Wildman–Crippen MR) is 90.9 cm³/mol. The Morgan fingerprint density at radius 1 is 1.33 bits per heavy atom. The van der Waals surface area contributed by atoms with Gasteiger partial charge < -0.3 is 14.1 Å². The lowest BCUT2D eigenvalue weighted by molar-refractivity contribution is 0.0660. The molecule has 126 valence electrons. The molecule has 0 aliphatic heterocycles. The number of aromatic carboxylic acids is 1. The second-order valence-electron chi connectivity index (χ2n) is 5.97. The maximum atomic E-state index is 11.1. The van der Waals surface area contributed by atoms with Crippen molar-refractivity contribution in [2.45, 2.75) is 26.4 Å². The molecule has 0 fully saturated rings. The number of aromatic nitrogens is 2. The van der Waals surface area contributed by atoms with Gasteiger partial charge in [0.1, 0.15) is 11.6 Å². The van der Waals surface area contributed by atoms with Gasteiger partial charge in [0.2, 0.25) is 5.76 Å². The molecule has 0 saturated carbocycles. The molecule has 0 spiro atoms. The normalized spacial score (nSPS) is 11.5. The van der Waals surface area contributed by atoms with Crippen molar-refractivity contribution in [1.29, 1.82) is 0 Å². The lowest BCUT2D eigenvalue weighted by atomic mass is 10.2. The first-order chi connectivity index (χ1) is 11.5. The first-order valence-electron chi connectivity index (χ1n) is 7.93. The molecule has 0 atom stereocenters. The van der Waals surface area contributed by atoms with E-state index in [1.807, 2.05) is 39.2 Å². The van der Waals surface area contributed by atoms with Crippen molar-refractivity contribution in [3.8, 4) is 0 Å². The van der Waals surface area contributed by atoms with Crippen LogP contribution in [0.25, 0.3) is 11.0 Å². The third kappa shape index (κ3) is 3.05. The largest absolute Gasteiger partial charge is 0.475 e. The predicted octanol–water partition coefficient (Wildman–Crippen LogP) is 3.06. The van der Waals surface area contributed by atoms with Gasteiger partial charge in [-0.05, 0) is 25.2 Å². The fourth-order valence-corrected chi connectivity index (χ4v) is 2.93. The first kappa shape index (κ1) is 16.3. The quantitative estimate of drug-likeness (QED) is 0.753. The molecular formula is C18H21N3O3. The van der Waals surface area contributed by atoms with Gasteiger partial charge in [-0.1, -0.05) is 19.1 Å². The smallest absolute Gasteiger partial charge is 0.371 e. The lowest BCUT2D eigenvalue weighted by Gasteiger charge is -2.16. The Morgan fingerprint density at radius 2 is 2.08 bits per heavy atom. The van der Waals surface area contributed by atoms with Crippen molar-refractivity contribution < 1.29 is 14.3 Å². The highest BCUT2D eigenvalue weighted by Crippen LogP contribution is 2.20. The number of imidazole rings is 1. The summed E-state index contributed by atoms with van der Waals surface area (Å²) in [4.78, 5) is 17.9. The van der Waals surface area contributed by atoms with Gasteiger partial charge in [-0.25, -0.2) is 9.78 Å². The van der Waals surface area contributed by atoms with Gasteiger partial charge in [0.15, 0.2) is 0 Å². The number of aryl methyl sites for hydroxylation is 2. The van der Waals surface area contributed by atoms with Crippen LogP contribution in [-0.2, 0) is 26.6 Å². The molecule has 0 saturated heterocycles. The summed E-state index contributed by atoms with van der Waals surface area (Å²) in [6, 6.07) is 9.66. The van der Waals surface area contributed by atoms with E-state index in [9.17, 15) is 4.79 Å². The first-order valence-corrected chi connectivity index (χ1v) is 7.93. The summed E-state index contributed by atoms with van der Waals surface area (Å²) in [5.74, 6) is 0.662. The van der Waals surface area contributed by atoms with Crippen LogP contribution in [0.2, 0.25) is 0 Å². The average Bonchev–Trinajstić information content (AvgIpc) is 3.10. The van der Waals surface area contributed by atoms with Crippen LogP contribution in [0.3, 0.4) is 0 Å². The number of carboxylic acid groups (broad SMARTS) is 1. The monoisotopic (exact) mass is 327 g/mol. The molecule has 0 aliphatic carbocycles. The molecule has 0 aliphatic rings. The van der Waals surface area contributed by atoms with Gasteiger partial charge in [-0.2, -0.15) is 0 Å². The third-order valence-electron chi connectivity index (χ3n) is 4.16.